The Morgan fingerprint density at radius 2 is 2.26 bits per heavy atom. The molecule has 1 saturated carbocycles. The van der Waals surface area contributed by atoms with Crippen LogP contribution < -0.4 is 5.73 Å². The molecule has 6 nitrogen and oxygen atoms in total. The number of rotatable bonds is 4. The number of benzene rings is 1. The maximum Gasteiger partial charge on any atom is 0.305 e. The number of nitrogens with two attached hydrogens (primary N) is 1. The number of fused-ring (bicyclic) bond motifs is 2. The molecule has 122 valence electrons. The first-order valence-corrected chi connectivity index (χ1v) is 7.85. The van der Waals surface area contributed by atoms with Crippen molar-refractivity contribution in [1.29, 1.82) is 0 Å². The first-order chi connectivity index (χ1) is 10.9. The molecular formula is C16H17ClN2O4. The van der Waals surface area contributed by atoms with Crippen LogP contribution in [0.4, 0.5) is 0 Å². The van der Waals surface area contributed by atoms with E-state index in [0.717, 1.165) is 6.42 Å². The SMILES string of the molecule is NC(CC(=O)O)C1=N[C@@]2(c3ccccc3Cl)CCC[C@@H](O1)C2=O. The zero-order valence-corrected chi connectivity index (χ0v) is 13.1. The Balaban J connectivity index is 2.09. The first-order valence-electron chi connectivity index (χ1n) is 7.47. The van der Waals surface area contributed by atoms with Gasteiger partial charge in [0.05, 0.1) is 12.5 Å². The van der Waals surface area contributed by atoms with Crippen LogP contribution in [0.15, 0.2) is 29.3 Å². The van der Waals surface area contributed by atoms with Crippen molar-refractivity contribution in [2.24, 2.45) is 10.7 Å². The minimum absolute atomic E-state index is 0.122. The van der Waals surface area contributed by atoms with Crippen LogP contribution in [0.1, 0.15) is 31.2 Å². The van der Waals surface area contributed by atoms with Crippen molar-refractivity contribution in [2.45, 2.75) is 43.4 Å². The van der Waals surface area contributed by atoms with Gasteiger partial charge < -0.3 is 15.6 Å². The van der Waals surface area contributed by atoms with E-state index in [-0.39, 0.29) is 18.1 Å². The summed E-state index contributed by atoms with van der Waals surface area (Å²) in [7, 11) is 0. The summed E-state index contributed by atoms with van der Waals surface area (Å²) in [5, 5.41) is 9.37. The molecule has 1 aliphatic heterocycles. The maximum absolute atomic E-state index is 12.8. The second-order valence-corrected chi connectivity index (χ2v) is 6.26. The standard InChI is InChI=1S/C16H17ClN2O4/c17-10-5-2-1-4-9(10)16-7-3-6-12(14(16)22)23-15(19-16)11(18)8-13(20)21/h1-2,4-5,11-12H,3,6-8,18H2,(H,20,21)/t11?,12-,16-/m1/s1. The van der Waals surface area contributed by atoms with Gasteiger partial charge >= 0.3 is 5.97 Å². The molecule has 0 spiro atoms. The van der Waals surface area contributed by atoms with Gasteiger partial charge in [-0.25, -0.2) is 4.99 Å². The predicted molar refractivity (Wildman–Crippen MR) is 84.5 cm³/mol. The van der Waals surface area contributed by atoms with E-state index in [9.17, 15) is 9.59 Å². The van der Waals surface area contributed by atoms with E-state index >= 15 is 0 Å². The number of Topliss-reactive ketones (excluding diaryl/α,β-unsaturated/α-hetero) is 1. The third-order valence-corrected chi connectivity index (χ3v) is 4.63. The van der Waals surface area contributed by atoms with Crippen molar-refractivity contribution >= 4 is 29.3 Å². The number of hydrogen-bond acceptors (Lipinski definition) is 5. The first kappa shape index (κ1) is 16.0. The normalized spacial score (nSPS) is 27.8. The van der Waals surface area contributed by atoms with Gasteiger partial charge in [0.1, 0.15) is 0 Å². The predicted octanol–water partition coefficient (Wildman–Crippen LogP) is 1.89. The van der Waals surface area contributed by atoms with Gasteiger partial charge in [-0.1, -0.05) is 29.8 Å². The van der Waals surface area contributed by atoms with Crippen LogP contribution in [0.3, 0.4) is 0 Å². The van der Waals surface area contributed by atoms with E-state index < -0.39 is 23.7 Å². The summed E-state index contributed by atoms with van der Waals surface area (Å²) < 4.78 is 5.59. The summed E-state index contributed by atoms with van der Waals surface area (Å²) in [5.41, 5.74) is 5.40. The van der Waals surface area contributed by atoms with Crippen LogP contribution >= 0.6 is 11.6 Å². The average molecular weight is 337 g/mol. The van der Waals surface area contributed by atoms with Gasteiger partial charge in [0.2, 0.25) is 11.7 Å². The molecule has 2 bridgehead atoms. The molecule has 0 saturated heterocycles. The lowest BCUT2D eigenvalue weighted by Gasteiger charge is -2.42. The molecule has 0 amide bonds. The molecule has 1 aromatic carbocycles. The lowest BCUT2D eigenvalue weighted by atomic mass is 9.73. The van der Waals surface area contributed by atoms with Gasteiger partial charge in [-0.2, -0.15) is 0 Å². The molecule has 3 atom stereocenters. The number of aliphatic imine (C=N–C) groups is 1. The third-order valence-electron chi connectivity index (χ3n) is 4.30. The maximum atomic E-state index is 12.8. The molecule has 1 heterocycles. The van der Waals surface area contributed by atoms with Crippen molar-refractivity contribution in [3.05, 3.63) is 34.9 Å². The Labute approximate surface area is 138 Å². The van der Waals surface area contributed by atoms with Crippen LogP contribution in [0.5, 0.6) is 0 Å². The molecule has 0 radical (unpaired) electrons. The number of carboxylic acids is 1. The van der Waals surface area contributed by atoms with E-state index in [2.05, 4.69) is 4.99 Å². The minimum atomic E-state index is -1.12. The Morgan fingerprint density at radius 1 is 1.52 bits per heavy atom. The van der Waals surface area contributed by atoms with Gasteiger partial charge in [-0.3, -0.25) is 9.59 Å². The third kappa shape index (κ3) is 2.72. The van der Waals surface area contributed by atoms with Gasteiger partial charge in [0.15, 0.2) is 11.6 Å². The molecule has 23 heavy (non-hydrogen) atoms. The zero-order chi connectivity index (χ0) is 16.6. The summed E-state index contributed by atoms with van der Waals surface area (Å²) in [6.45, 7) is 0. The topological polar surface area (TPSA) is 102 Å². The van der Waals surface area contributed by atoms with Crippen LogP contribution in [0, 0.1) is 0 Å². The lowest BCUT2D eigenvalue weighted by Crippen LogP contribution is -2.54. The van der Waals surface area contributed by atoms with E-state index in [4.69, 9.17) is 27.2 Å². The fourth-order valence-electron chi connectivity index (χ4n) is 3.22. The van der Waals surface area contributed by atoms with Crippen molar-refractivity contribution in [3.63, 3.8) is 0 Å². The molecule has 7 heteroatoms. The fraction of sp³-hybridized carbons (Fsp3) is 0.438. The van der Waals surface area contributed by atoms with Crippen molar-refractivity contribution in [3.8, 4) is 0 Å². The Morgan fingerprint density at radius 3 is 2.96 bits per heavy atom. The summed E-state index contributed by atoms with van der Waals surface area (Å²) in [6, 6.07) is 6.19. The van der Waals surface area contributed by atoms with E-state index in [0.29, 0.717) is 23.4 Å². The Hall–Kier alpha value is -1.92. The molecule has 3 N–H and O–H groups in total. The smallest absolute Gasteiger partial charge is 0.305 e. The molecule has 1 aromatic rings. The van der Waals surface area contributed by atoms with Crippen LogP contribution in [0.2, 0.25) is 5.02 Å². The summed E-state index contributed by atoms with van der Waals surface area (Å²) in [4.78, 5) is 28.2. The number of carbonyl (C=O) groups excluding carboxylic acids is 1. The fourth-order valence-corrected chi connectivity index (χ4v) is 3.51. The van der Waals surface area contributed by atoms with Gasteiger partial charge in [-0.05, 0) is 25.3 Å². The van der Waals surface area contributed by atoms with Gasteiger partial charge in [-0.15, -0.1) is 0 Å². The molecule has 2 aliphatic rings. The molecule has 3 rings (SSSR count). The molecule has 1 aliphatic carbocycles. The van der Waals surface area contributed by atoms with Crippen molar-refractivity contribution < 1.29 is 19.4 Å². The summed E-state index contributed by atoms with van der Waals surface area (Å²) in [5.74, 6) is -1.06. The molecular weight excluding hydrogens is 320 g/mol. The highest BCUT2D eigenvalue weighted by atomic mass is 35.5. The van der Waals surface area contributed by atoms with Crippen molar-refractivity contribution in [2.75, 3.05) is 0 Å². The van der Waals surface area contributed by atoms with Crippen molar-refractivity contribution in [1.82, 2.24) is 0 Å². The van der Waals surface area contributed by atoms with Gasteiger partial charge in [0.25, 0.3) is 0 Å². The number of ketones is 1. The van der Waals surface area contributed by atoms with E-state index in [1.165, 1.54) is 0 Å². The highest BCUT2D eigenvalue weighted by Gasteiger charge is 2.52. The summed E-state index contributed by atoms with van der Waals surface area (Å²) in [6.07, 6.45) is 0.903. The monoisotopic (exact) mass is 336 g/mol. The highest BCUT2D eigenvalue weighted by molar-refractivity contribution is 6.32. The average Bonchev–Trinajstić information content (AvgIpc) is 2.47. The number of carbonyl (C=O) groups is 2. The number of aliphatic carboxylic acids is 1. The number of hydrogen-bond donors (Lipinski definition) is 2. The number of nitrogens with zero attached hydrogens (tertiary/aromatic N) is 1. The van der Waals surface area contributed by atoms with Crippen LogP contribution in [0.25, 0.3) is 0 Å². The van der Waals surface area contributed by atoms with Crippen LogP contribution in [-0.2, 0) is 19.9 Å². The highest BCUT2D eigenvalue weighted by Crippen LogP contribution is 2.44. The second-order valence-electron chi connectivity index (χ2n) is 5.86. The van der Waals surface area contributed by atoms with E-state index in [1.54, 1.807) is 24.3 Å². The van der Waals surface area contributed by atoms with Crippen LogP contribution in [-0.4, -0.2) is 34.9 Å². The Kier molecular flexibility index (Phi) is 4.12. The summed E-state index contributed by atoms with van der Waals surface area (Å²) >= 11 is 6.29. The minimum Gasteiger partial charge on any atom is -0.481 e. The zero-order valence-electron chi connectivity index (χ0n) is 12.4. The van der Waals surface area contributed by atoms with Gasteiger partial charge in [0, 0.05) is 10.6 Å². The number of ether oxygens (including phenoxy) is 1. The van der Waals surface area contributed by atoms with E-state index in [1.807, 2.05) is 0 Å². The largest absolute Gasteiger partial charge is 0.481 e. The molecule has 1 fully saturated rings. The quantitative estimate of drug-likeness (QED) is 0.874. The lowest BCUT2D eigenvalue weighted by molar-refractivity contribution is -0.138. The Bertz CT molecular complexity index is 690. The molecule has 1 unspecified atom stereocenters. The second kappa shape index (κ2) is 5.94. The number of carboxylic acid groups (broad SMARTS) is 1. The number of halogens is 1. The molecule has 0 aromatic heterocycles.